The first-order chi connectivity index (χ1) is 13.9. The molecular weight excluding hydrogens is 370 g/mol. The third-order valence-electron chi connectivity index (χ3n) is 4.60. The number of nitrogens with one attached hydrogen (secondary N) is 1. The van der Waals surface area contributed by atoms with Crippen LogP contribution in [0.15, 0.2) is 57.7 Å². The largest absolute Gasteiger partial charge is 0.455 e. The van der Waals surface area contributed by atoms with Crippen LogP contribution in [-0.2, 0) is 9.53 Å². The Kier molecular flexibility index (Phi) is 6.12. The maximum atomic E-state index is 12.9. The highest BCUT2D eigenvalue weighted by Gasteiger charge is 2.23. The van der Waals surface area contributed by atoms with E-state index >= 15 is 0 Å². The van der Waals surface area contributed by atoms with Crippen LogP contribution in [0.25, 0.3) is 22.3 Å². The van der Waals surface area contributed by atoms with Crippen molar-refractivity contribution in [1.82, 2.24) is 5.32 Å². The van der Waals surface area contributed by atoms with Gasteiger partial charge < -0.3 is 14.5 Å². The first kappa shape index (κ1) is 20.3. The van der Waals surface area contributed by atoms with E-state index in [1.807, 2.05) is 37.3 Å². The van der Waals surface area contributed by atoms with Crippen LogP contribution in [0.4, 0.5) is 0 Å². The summed E-state index contributed by atoms with van der Waals surface area (Å²) >= 11 is 0. The van der Waals surface area contributed by atoms with Crippen molar-refractivity contribution >= 4 is 22.8 Å². The minimum Gasteiger partial charge on any atom is -0.455 e. The van der Waals surface area contributed by atoms with Crippen molar-refractivity contribution in [2.75, 3.05) is 6.54 Å². The average molecular weight is 393 g/mol. The first-order valence-corrected chi connectivity index (χ1v) is 9.54. The summed E-state index contributed by atoms with van der Waals surface area (Å²) < 4.78 is 11.3. The second-order valence-electron chi connectivity index (χ2n) is 6.77. The summed E-state index contributed by atoms with van der Waals surface area (Å²) in [6.45, 7) is 5.63. The van der Waals surface area contributed by atoms with Crippen LogP contribution in [0.5, 0.6) is 0 Å². The monoisotopic (exact) mass is 393 g/mol. The highest BCUT2D eigenvalue weighted by Crippen LogP contribution is 2.27. The maximum absolute atomic E-state index is 12.9. The van der Waals surface area contributed by atoms with Gasteiger partial charge in [-0.15, -0.1) is 0 Å². The van der Waals surface area contributed by atoms with Crippen LogP contribution in [0.3, 0.4) is 0 Å². The van der Waals surface area contributed by atoms with E-state index in [0.29, 0.717) is 23.3 Å². The molecule has 0 bridgehead atoms. The van der Waals surface area contributed by atoms with E-state index in [1.54, 1.807) is 19.1 Å². The number of fused-ring (bicyclic) bond motifs is 1. The van der Waals surface area contributed by atoms with E-state index in [0.717, 1.165) is 12.0 Å². The van der Waals surface area contributed by atoms with E-state index < -0.39 is 12.1 Å². The molecule has 0 unspecified atom stereocenters. The number of amides is 1. The molecule has 0 fully saturated rings. The molecule has 2 aromatic carbocycles. The normalized spacial score (nSPS) is 11.8. The molecule has 1 amide bonds. The van der Waals surface area contributed by atoms with Gasteiger partial charge in [0.15, 0.2) is 17.1 Å². The van der Waals surface area contributed by atoms with E-state index in [-0.39, 0.29) is 22.5 Å². The van der Waals surface area contributed by atoms with E-state index in [1.165, 1.54) is 13.0 Å². The molecule has 3 aromatic rings. The molecule has 1 atom stereocenters. The highest BCUT2D eigenvalue weighted by atomic mass is 16.5. The van der Waals surface area contributed by atoms with Crippen molar-refractivity contribution in [2.24, 2.45) is 0 Å². The summed E-state index contributed by atoms with van der Waals surface area (Å²) in [5.74, 6) is -0.694. The van der Waals surface area contributed by atoms with Crippen LogP contribution in [0, 0.1) is 6.92 Å². The Hall–Kier alpha value is -3.41. The number of ether oxygens (including phenoxy) is 1. The second kappa shape index (κ2) is 8.73. The molecule has 1 heterocycles. The summed E-state index contributed by atoms with van der Waals surface area (Å²) in [4.78, 5) is 37.6. The Morgan fingerprint density at radius 3 is 2.52 bits per heavy atom. The predicted molar refractivity (Wildman–Crippen MR) is 111 cm³/mol. The van der Waals surface area contributed by atoms with E-state index in [9.17, 15) is 14.4 Å². The lowest BCUT2D eigenvalue weighted by Crippen LogP contribution is -2.36. The van der Waals surface area contributed by atoms with Crippen molar-refractivity contribution in [3.8, 4) is 11.3 Å². The topological polar surface area (TPSA) is 85.6 Å². The van der Waals surface area contributed by atoms with Gasteiger partial charge in [0.2, 0.25) is 0 Å². The summed E-state index contributed by atoms with van der Waals surface area (Å²) in [7, 11) is 0. The predicted octanol–water partition coefficient (Wildman–Crippen LogP) is 3.84. The van der Waals surface area contributed by atoms with Gasteiger partial charge in [-0.25, -0.2) is 4.79 Å². The molecule has 150 valence electrons. The standard InChI is InChI=1S/C23H23NO5/c1-4-13-24-22(26)15(3)28-23(27)18-12-8-11-17-19(25)14(2)20(29-21(17)18)16-9-6-5-7-10-16/h5-12,15H,4,13H2,1-3H3,(H,24,26)/t15-/m1/s1. The molecule has 3 rings (SSSR count). The van der Waals surface area contributed by atoms with Crippen LogP contribution in [0.2, 0.25) is 0 Å². The molecule has 0 saturated carbocycles. The lowest BCUT2D eigenvalue weighted by molar-refractivity contribution is -0.129. The lowest BCUT2D eigenvalue weighted by atomic mass is 10.0. The van der Waals surface area contributed by atoms with Crippen molar-refractivity contribution < 1.29 is 18.7 Å². The molecule has 1 aromatic heterocycles. The van der Waals surface area contributed by atoms with Gasteiger partial charge in [-0.05, 0) is 32.4 Å². The quantitative estimate of drug-likeness (QED) is 0.643. The Morgan fingerprint density at radius 2 is 1.83 bits per heavy atom. The molecule has 6 nitrogen and oxygen atoms in total. The summed E-state index contributed by atoms with van der Waals surface area (Å²) in [5.41, 5.74) is 1.23. The van der Waals surface area contributed by atoms with Gasteiger partial charge >= 0.3 is 5.97 Å². The minimum atomic E-state index is -0.963. The number of rotatable bonds is 6. The lowest BCUT2D eigenvalue weighted by Gasteiger charge is -2.14. The van der Waals surface area contributed by atoms with Crippen LogP contribution < -0.4 is 10.7 Å². The fraction of sp³-hybridized carbons (Fsp3) is 0.261. The van der Waals surface area contributed by atoms with Gasteiger partial charge in [0.1, 0.15) is 11.3 Å². The molecule has 0 aliphatic carbocycles. The van der Waals surface area contributed by atoms with Gasteiger partial charge in [0.05, 0.1) is 5.39 Å². The summed E-state index contributed by atoms with van der Waals surface area (Å²) in [6, 6.07) is 13.9. The number of benzene rings is 2. The zero-order chi connectivity index (χ0) is 21.0. The van der Waals surface area contributed by atoms with Gasteiger partial charge in [0, 0.05) is 17.7 Å². The maximum Gasteiger partial charge on any atom is 0.342 e. The van der Waals surface area contributed by atoms with Crippen molar-refractivity contribution in [2.45, 2.75) is 33.3 Å². The molecule has 6 heteroatoms. The molecule has 0 radical (unpaired) electrons. The molecule has 1 N–H and O–H groups in total. The van der Waals surface area contributed by atoms with Crippen LogP contribution >= 0.6 is 0 Å². The third-order valence-corrected chi connectivity index (χ3v) is 4.60. The van der Waals surface area contributed by atoms with Crippen molar-refractivity contribution in [3.63, 3.8) is 0 Å². The molecule has 0 saturated heterocycles. The van der Waals surface area contributed by atoms with E-state index in [4.69, 9.17) is 9.15 Å². The Morgan fingerprint density at radius 1 is 1.10 bits per heavy atom. The minimum absolute atomic E-state index is 0.104. The molecule has 0 aliphatic heterocycles. The fourth-order valence-corrected chi connectivity index (χ4v) is 3.00. The van der Waals surface area contributed by atoms with Crippen LogP contribution in [0.1, 0.15) is 36.2 Å². The average Bonchev–Trinajstić information content (AvgIpc) is 2.74. The number of hydrogen-bond donors (Lipinski definition) is 1. The van der Waals surface area contributed by atoms with E-state index in [2.05, 4.69) is 5.32 Å². The zero-order valence-corrected chi connectivity index (χ0v) is 16.7. The third kappa shape index (κ3) is 4.21. The van der Waals surface area contributed by atoms with Crippen LogP contribution in [-0.4, -0.2) is 24.5 Å². The molecule has 29 heavy (non-hydrogen) atoms. The second-order valence-corrected chi connectivity index (χ2v) is 6.77. The SMILES string of the molecule is CCCNC(=O)[C@@H](C)OC(=O)c1cccc2c(=O)c(C)c(-c3ccccc3)oc12. The smallest absolute Gasteiger partial charge is 0.342 e. The fourth-order valence-electron chi connectivity index (χ4n) is 3.00. The molecular formula is C23H23NO5. The number of hydrogen-bond acceptors (Lipinski definition) is 5. The number of carbonyl (C=O) groups excluding carboxylic acids is 2. The summed E-state index contributed by atoms with van der Waals surface area (Å²) in [6.07, 6.45) is -0.183. The summed E-state index contributed by atoms with van der Waals surface area (Å²) in [5, 5.41) is 2.98. The first-order valence-electron chi connectivity index (χ1n) is 9.54. The highest BCUT2D eigenvalue weighted by molar-refractivity contribution is 6.03. The number of carbonyl (C=O) groups is 2. The van der Waals surface area contributed by atoms with Gasteiger partial charge in [-0.1, -0.05) is 43.3 Å². The van der Waals surface area contributed by atoms with Crippen molar-refractivity contribution in [3.05, 3.63) is 69.9 Å². The number of para-hydroxylation sites is 1. The van der Waals surface area contributed by atoms with Crippen molar-refractivity contribution in [1.29, 1.82) is 0 Å². The number of esters is 1. The Bertz CT molecular complexity index is 1100. The zero-order valence-electron chi connectivity index (χ0n) is 16.7. The molecule has 0 aliphatic rings. The van der Waals surface area contributed by atoms with Gasteiger partial charge in [-0.2, -0.15) is 0 Å². The Labute approximate surface area is 168 Å². The van der Waals surface area contributed by atoms with Gasteiger partial charge in [0.25, 0.3) is 5.91 Å². The van der Waals surface area contributed by atoms with Gasteiger partial charge in [-0.3, -0.25) is 9.59 Å². The molecule has 0 spiro atoms. The Balaban J connectivity index is 2.03.